The summed E-state index contributed by atoms with van der Waals surface area (Å²) in [6.07, 6.45) is 0.521. The second-order valence-electron chi connectivity index (χ2n) is 6.51. The first kappa shape index (κ1) is 17.0. The Labute approximate surface area is 135 Å². The molecule has 4 nitrogen and oxygen atoms in total. The van der Waals surface area contributed by atoms with Gasteiger partial charge < -0.3 is 15.0 Å². The van der Waals surface area contributed by atoms with Crippen molar-refractivity contribution in [3.05, 3.63) is 34.6 Å². The lowest BCUT2D eigenvalue weighted by Gasteiger charge is -2.24. The van der Waals surface area contributed by atoms with E-state index in [9.17, 15) is 9.18 Å². The largest absolute Gasteiger partial charge is 0.444 e. The van der Waals surface area contributed by atoms with Gasteiger partial charge in [-0.2, -0.15) is 0 Å². The zero-order valence-electron chi connectivity index (χ0n) is 13.2. The number of nitrogens with zero attached hydrogens (tertiary/aromatic N) is 1. The molecule has 0 spiro atoms. The highest BCUT2D eigenvalue weighted by Gasteiger charge is 2.29. The summed E-state index contributed by atoms with van der Waals surface area (Å²) < 4.78 is 19.2. The van der Waals surface area contributed by atoms with Crippen LogP contribution in [0.5, 0.6) is 0 Å². The molecule has 0 bridgehead atoms. The maximum absolute atomic E-state index is 13.8. The lowest BCUT2D eigenvalue weighted by atomic mass is 10.2. The average molecular weight is 329 g/mol. The van der Waals surface area contributed by atoms with Crippen molar-refractivity contribution in [3.63, 3.8) is 0 Å². The average Bonchev–Trinajstić information content (AvgIpc) is 2.87. The molecule has 1 aliphatic heterocycles. The van der Waals surface area contributed by atoms with Crippen molar-refractivity contribution in [3.8, 4) is 0 Å². The molecular weight excluding hydrogens is 307 g/mol. The van der Waals surface area contributed by atoms with Crippen LogP contribution in [-0.2, 0) is 11.3 Å². The molecule has 1 amide bonds. The highest BCUT2D eigenvalue weighted by molar-refractivity contribution is 6.30. The molecule has 0 aromatic heterocycles. The number of amides is 1. The maximum atomic E-state index is 13.8. The normalized spacial score (nSPS) is 18.6. The topological polar surface area (TPSA) is 41.6 Å². The minimum atomic E-state index is -0.494. The molecule has 0 saturated carbocycles. The zero-order chi connectivity index (χ0) is 16.3. The molecule has 22 heavy (non-hydrogen) atoms. The number of ether oxygens (including phenoxy) is 1. The highest BCUT2D eigenvalue weighted by atomic mass is 35.5. The fourth-order valence-corrected chi connectivity index (χ4v) is 2.55. The van der Waals surface area contributed by atoms with E-state index >= 15 is 0 Å². The van der Waals surface area contributed by atoms with Crippen LogP contribution in [0.15, 0.2) is 18.2 Å². The van der Waals surface area contributed by atoms with E-state index in [2.05, 4.69) is 5.32 Å². The van der Waals surface area contributed by atoms with Gasteiger partial charge in [-0.3, -0.25) is 0 Å². The van der Waals surface area contributed by atoms with Crippen molar-refractivity contribution in [1.82, 2.24) is 10.2 Å². The summed E-state index contributed by atoms with van der Waals surface area (Å²) in [4.78, 5) is 13.7. The SMILES string of the molecule is CC(C)(C)OC(=O)N1CCC(NCc2cccc(Cl)c2F)C1. The van der Waals surface area contributed by atoms with Crippen molar-refractivity contribution in [1.29, 1.82) is 0 Å². The van der Waals surface area contributed by atoms with E-state index in [0.717, 1.165) is 6.42 Å². The monoisotopic (exact) mass is 328 g/mol. The van der Waals surface area contributed by atoms with Gasteiger partial charge in [0.05, 0.1) is 5.02 Å². The van der Waals surface area contributed by atoms with Crippen LogP contribution in [-0.4, -0.2) is 35.7 Å². The van der Waals surface area contributed by atoms with Crippen LogP contribution in [0.1, 0.15) is 32.8 Å². The van der Waals surface area contributed by atoms with Crippen LogP contribution in [0, 0.1) is 5.82 Å². The van der Waals surface area contributed by atoms with E-state index in [0.29, 0.717) is 25.2 Å². The van der Waals surface area contributed by atoms with Crippen molar-refractivity contribution >= 4 is 17.7 Å². The summed E-state index contributed by atoms with van der Waals surface area (Å²) in [5.74, 6) is -0.390. The first-order valence-electron chi connectivity index (χ1n) is 7.40. The van der Waals surface area contributed by atoms with E-state index < -0.39 is 11.4 Å². The fourth-order valence-electron chi connectivity index (χ4n) is 2.36. The van der Waals surface area contributed by atoms with E-state index in [-0.39, 0.29) is 17.2 Å². The third kappa shape index (κ3) is 4.58. The van der Waals surface area contributed by atoms with Crippen LogP contribution in [0.3, 0.4) is 0 Å². The number of nitrogens with one attached hydrogen (secondary N) is 1. The van der Waals surface area contributed by atoms with Gasteiger partial charge in [-0.15, -0.1) is 0 Å². The van der Waals surface area contributed by atoms with Crippen LogP contribution in [0.4, 0.5) is 9.18 Å². The molecular formula is C16H22ClFN2O2. The van der Waals surface area contributed by atoms with Gasteiger partial charge in [-0.25, -0.2) is 9.18 Å². The molecule has 1 aromatic rings. The first-order chi connectivity index (χ1) is 10.3. The smallest absolute Gasteiger partial charge is 0.410 e. The quantitative estimate of drug-likeness (QED) is 0.922. The molecule has 122 valence electrons. The lowest BCUT2D eigenvalue weighted by molar-refractivity contribution is 0.0291. The molecule has 1 atom stereocenters. The van der Waals surface area contributed by atoms with Crippen molar-refractivity contribution < 1.29 is 13.9 Å². The summed E-state index contributed by atoms with van der Waals surface area (Å²) in [5.41, 5.74) is 0.0372. The minimum absolute atomic E-state index is 0.126. The van der Waals surface area contributed by atoms with E-state index in [4.69, 9.17) is 16.3 Å². The summed E-state index contributed by atoms with van der Waals surface area (Å²) >= 11 is 5.76. The summed E-state index contributed by atoms with van der Waals surface area (Å²) in [7, 11) is 0. The Morgan fingerprint density at radius 2 is 2.23 bits per heavy atom. The van der Waals surface area contributed by atoms with Crippen LogP contribution in [0.25, 0.3) is 0 Å². The number of halogens is 2. The molecule has 1 aliphatic rings. The Hall–Kier alpha value is -1.33. The molecule has 1 fully saturated rings. The molecule has 1 N–H and O–H groups in total. The van der Waals surface area contributed by atoms with Crippen LogP contribution in [0.2, 0.25) is 5.02 Å². The van der Waals surface area contributed by atoms with Crippen molar-refractivity contribution in [2.24, 2.45) is 0 Å². The predicted octanol–water partition coefficient (Wildman–Crippen LogP) is 3.58. The van der Waals surface area contributed by atoms with Gasteiger partial charge in [0, 0.05) is 31.2 Å². The Bertz CT molecular complexity index is 545. The van der Waals surface area contributed by atoms with Gasteiger partial charge in [-0.05, 0) is 33.3 Å². The molecule has 1 saturated heterocycles. The number of carbonyl (C=O) groups excluding carboxylic acids is 1. The number of benzene rings is 1. The zero-order valence-corrected chi connectivity index (χ0v) is 13.9. The maximum Gasteiger partial charge on any atom is 0.410 e. The molecule has 1 heterocycles. The summed E-state index contributed by atoms with van der Waals surface area (Å²) in [5, 5.41) is 3.39. The van der Waals surface area contributed by atoms with Gasteiger partial charge in [0.2, 0.25) is 0 Å². The van der Waals surface area contributed by atoms with E-state index in [1.807, 2.05) is 20.8 Å². The lowest BCUT2D eigenvalue weighted by Crippen LogP contribution is -2.38. The third-order valence-corrected chi connectivity index (χ3v) is 3.74. The van der Waals surface area contributed by atoms with Crippen molar-refractivity contribution in [2.75, 3.05) is 13.1 Å². The standard InChI is InChI=1S/C16H22ClFN2O2/c1-16(2,3)22-15(21)20-8-7-12(10-20)19-9-11-5-4-6-13(17)14(11)18/h4-6,12,19H,7-10H2,1-3H3. The summed E-state index contributed by atoms with van der Waals surface area (Å²) in [6.45, 7) is 7.14. The molecule has 1 unspecified atom stereocenters. The van der Waals surface area contributed by atoms with E-state index in [1.54, 1.807) is 17.0 Å². The number of carbonyl (C=O) groups is 1. The highest BCUT2D eigenvalue weighted by Crippen LogP contribution is 2.19. The van der Waals surface area contributed by atoms with Crippen LogP contribution >= 0.6 is 11.6 Å². The molecule has 0 aliphatic carbocycles. The number of rotatable bonds is 3. The first-order valence-corrected chi connectivity index (χ1v) is 7.78. The summed E-state index contributed by atoms with van der Waals surface area (Å²) in [6, 6.07) is 5.09. The second kappa shape index (κ2) is 6.84. The fraction of sp³-hybridized carbons (Fsp3) is 0.562. The van der Waals surface area contributed by atoms with Crippen molar-refractivity contribution in [2.45, 2.75) is 45.4 Å². The Kier molecular flexibility index (Phi) is 5.29. The van der Waals surface area contributed by atoms with Gasteiger partial charge in [-0.1, -0.05) is 23.7 Å². The molecule has 1 aromatic carbocycles. The Morgan fingerprint density at radius 3 is 2.91 bits per heavy atom. The van der Waals surface area contributed by atoms with Gasteiger partial charge in [0.25, 0.3) is 0 Å². The minimum Gasteiger partial charge on any atom is -0.444 e. The molecule has 6 heteroatoms. The van der Waals surface area contributed by atoms with Gasteiger partial charge in [0.1, 0.15) is 11.4 Å². The number of hydrogen-bond acceptors (Lipinski definition) is 3. The Morgan fingerprint density at radius 1 is 1.50 bits per heavy atom. The number of hydrogen-bond donors (Lipinski definition) is 1. The Balaban J connectivity index is 1.84. The third-order valence-electron chi connectivity index (χ3n) is 3.45. The van der Waals surface area contributed by atoms with E-state index in [1.165, 1.54) is 6.07 Å². The molecule has 0 radical (unpaired) electrons. The van der Waals surface area contributed by atoms with Gasteiger partial charge >= 0.3 is 6.09 Å². The predicted molar refractivity (Wildman–Crippen MR) is 84.5 cm³/mol. The number of likely N-dealkylation sites (tertiary alicyclic amines) is 1. The second-order valence-corrected chi connectivity index (χ2v) is 6.91. The van der Waals surface area contributed by atoms with Crippen LogP contribution < -0.4 is 5.32 Å². The van der Waals surface area contributed by atoms with Gasteiger partial charge in [0.15, 0.2) is 0 Å². The molecule has 2 rings (SSSR count).